The molecule has 32 heavy (non-hydrogen) atoms. The van der Waals surface area contributed by atoms with Crippen LogP contribution >= 0.6 is 0 Å². The van der Waals surface area contributed by atoms with E-state index in [4.69, 9.17) is 9.47 Å². The van der Waals surface area contributed by atoms with Crippen LogP contribution in [0.15, 0.2) is 67.0 Å². The molecule has 2 aromatic carbocycles. The summed E-state index contributed by atoms with van der Waals surface area (Å²) in [4.78, 5) is 17.1. The summed E-state index contributed by atoms with van der Waals surface area (Å²) in [7, 11) is 1.66. The van der Waals surface area contributed by atoms with Crippen LogP contribution in [-0.4, -0.2) is 28.9 Å². The van der Waals surface area contributed by atoms with Gasteiger partial charge in [0.1, 0.15) is 23.8 Å². The lowest BCUT2D eigenvalue weighted by Crippen LogP contribution is -2.25. The van der Waals surface area contributed by atoms with Gasteiger partial charge in [-0.3, -0.25) is 4.79 Å². The first kappa shape index (κ1) is 21.4. The number of ether oxygens (including phenoxy) is 2. The molecule has 0 radical (unpaired) electrons. The zero-order valence-corrected chi connectivity index (χ0v) is 18.6. The van der Waals surface area contributed by atoms with E-state index in [0.29, 0.717) is 30.9 Å². The summed E-state index contributed by atoms with van der Waals surface area (Å²) in [5.74, 6) is 1.42. The Labute approximate surface area is 187 Å². The lowest BCUT2D eigenvalue weighted by Gasteiger charge is -2.11. The minimum Gasteiger partial charge on any atom is -0.496 e. The van der Waals surface area contributed by atoms with Gasteiger partial charge in [0.15, 0.2) is 0 Å². The summed E-state index contributed by atoms with van der Waals surface area (Å²) in [5, 5.41) is 2.97. The number of carbonyl (C=O) groups is 1. The molecule has 2 heterocycles. The first-order chi connectivity index (χ1) is 15.5. The molecule has 1 N–H and O–H groups in total. The SMILES string of the molecule is COc1ccc(C)cc1CCNC(=O)c1ccc(OCc2cn3cccc(C)c3n2)cc1. The Morgan fingerprint density at radius 1 is 1.09 bits per heavy atom. The Kier molecular flexibility index (Phi) is 6.40. The fourth-order valence-electron chi connectivity index (χ4n) is 3.65. The third-order valence-corrected chi connectivity index (χ3v) is 5.35. The maximum Gasteiger partial charge on any atom is 0.251 e. The van der Waals surface area contributed by atoms with Crippen LogP contribution in [0, 0.1) is 13.8 Å². The summed E-state index contributed by atoms with van der Waals surface area (Å²) in [6, 6.07) is 17.2. The van der Waals surface area contributed by atoms with Crippen LogP contribution in [0.5, 0.6) is 11.5 Å². The standard InChI is InChI=1S/C26H27N3O3/c1-18-6-11-24(31-3)21(15-18)12-13-27-26(30)20-7-9-23(10-8-20)32-17-22-16-29-14-4-5-19(2)25(29)28-22/h4-11,14-16H,12-13,17H2,1-3H3,(H,27,30). The van der Waals surface area contributed by atoms with E-state index in [-0.39, 0.29) is 5.91 Å². The monoisotopic (exact) mass is 429 g/mol. The van der Waals surface area contributed by atoms with Crippen LogP contribution in [0.3, 0.4) is 0 Å². The van der Waals surface area contributed by atoms with Gasteiger partial charge < -0.3 is 19.2 Å². The molecule has 6 heteroatoms. The Balaban J connectivity index is 1.30. The average Bonchev–Trinajstić information content (AvgIpc) is 3.23. The van der Waals surface area contributed by atoms with Crippen molar-refractivity contribution in [3.05, 3.63) is 94.9 Å². The molecular formula is C26H27N3O3. The van der Waals surface area contributed by atoms with Crippen LogP contribution in [0.2, 0.25) is 0 Å². The highest BCUT2D eigenvalue weighted by Crippen LogP contribution is 2.20. The normalized spacial score (nSPS) is 10.8. The second-order valence-electron chi connectivity index (χ2n) is 7.79. The van der Waals surface area contributed by atoms with Gasteiger partial charge in [0, 0.05) is 24.5 Å². The van der Waals surface area contributed by atoms with Crippen LogP contribution in [0.4, 0.5) is 0 Å². The number of nitrogens with one attached hydrogen (secondary N) is 1. The van der Waals surface area contributed by atoms with E-state index in [9.17, 15) is 4.79 Å². The average molecular weight is 430 g/mol. The van der Waals surface area contributed by atoms with Crippen molar-refractivity contribution in [1.29, 1.82) is 0 Å². The van der Waals surface area contributed by atoms with Crippen molar-refractivity contribution in [3.8, 4) is 11.5 Å². The van der Waals surface area contributed by atoms with E-state index < -0.39 is 0 Å². The van der Waals surface area contributed by atoms with Crippen molar-refractivity contribution < 1.29 is 14.3 Å². The molecule has 1 amide bonds. The van der Waals surface area contributed by atoms with Crippen LogP contribution in [0.1, 0.15) is 32.7 Å². The molecule has 0 unspecified atom stereocenters. The topological polar surface area (TPSA) is 64.9 Å². The number of fused-ring (bicyclic) bond motifs is 1. The van der Waals surface area contributed by atoms with Gasteiger partial charge in [0.25, 0.3) is 5.91 Å². The van der Waals surface area contributed by atoms with Gasteiger partial charge in [-0.25, -0.2) is 4.98 Å². The highest BCUT2D eigenvalue weighted by atomic mass is 16.5. The molecule has 0 atom stereocenters. The number of amides is 1. The van der Waals surface area contributed by atoms with Crippen molar-refractivity contribution in [2.75, 3.05) is 13.7 Å². The molecule has 0 saturated heterocycles. The highest BCUT2D eigenvalue weighted by Gasteiger charge is 2.09. The van der Waals surface area contributed by atoms with Gasteiger partial charge in [0.2, 0.25) is 0 Å². The molecule has 0 bridgehead atoms. The van der Waals surface area contributed by atoms with Crippen molar-refractivity contribution in [2.24, 2.45) is 0 Å². The Morgan fingerprint density at radius 2 is 1.91 bits per heavy atom. The maximum atomic E-state index is 12.5. The summed E-state index contributed by atoms with van der Waals surface area (Å²) in [5.41, 5.74) is 5.75. The molecule has 0 aliphatic rings. The number of rotatable bonds is 8. The minimum absolute atomic E-state index is 0.112. The van der Waals surface area contributed by atoms with Gasteiger partial charge in [0.05, 0.1) is 12.8 Å². The van der Waals surface area contributed by atoms with E-state index in [0.717, 1.165) is 28.2 Å². The number of benzene rings is 2. The molecule has 0 fully saturated rings. The summed E-state index contributed by atoms with van der Waals surface area (Å²) < 4.78 is 13.2. The number of methoxy groups -OCH3 is 1. The van der Waals surface area contributed by atoms with E-state index in [2.05, 4.69) is 16.4 Å². The lowest BCUT2D eigenvalue weighted by atomic mass is 10.1. The number of hydrogen-bond acceptors (Lipinski definition) is 4. The molecular weight excluding hydrogens is 402 g/mol. The summed E-state index contributed by atoms with van der Waals surface area (Å²) >= 11 is 0. The number of carbonyl (C=O) groups excluding carboxylic acids is 1. The maximum absolute atomic E-state index is 12.5. The van der Waals surface area contributed by atoms with Crippen LogP contribution in [-0.2, 0) is 13.0 Å². The van der Waals surface area contributed by atoms with Crippen molar-refractivity contribution in [2.45, 2.75) is 26.9 Å². The summed E-state index contributed by atoms with van der Waals surface area (Å²) in [6.45, 7) is 4.98. The van der Waals surface area contributed by atoms with Gasteiger partial charge in [-0.15, -0.1) is 0 Å². The fourth-order valence-corrected chi connectivity index (χ4v) is 3.65. The number of aromatic nitrogens is 2. The smallest absolute Gasteiger partial charge is 0.251 e. The van der Waals surface area contributed by atoms with E-state index >= 15 is 0 Å². The molecule has 6 nitrogen and oxygen atoms in total. The van der Waals surface area contributed by atoms with Crippen LogP contribution in [0.25, 0.3) is 5.65 Å². The molecule has 0 spiro atoms. The van der Waals surface area contributed by atoms with E-state index in [1.54, 1.807) is 31.4 Å². The molecule has 4 aromatic rings. The number of nitrogens with zero attached hydrogens (tertiary/aromatic N) is 2. The number of imidazole rings is 1. The molecule has 164 valence electrons. The largest absolute Gasteiger partial charge is 0.496 e. The Bertz CT molecular complexity index is 1230. The molecule has 0 saturated carbocycles. The molecule has 0 aliphatic carbocycles. The second kappa shape index (κ2) is 9.56. The van der Waals surface area contributed by atoms with Crippen molar-refractivity contribution in [1.82, 2.24) is 14.7 Å². The second-order valence-corrected chi connectivity index (χ2v) is 7.79. The van der Waals surface area contributed by atoms with E-state index in [1.165, 1.54) is 5.56 Å². The zero-order valence-electron chi connectivity index (χ0n) is 18.6. The lowest BCUT2D eigenvalue weighted by molar-refractivity contribution is 0.0954. The molecule has 0 aliphatic heterocycles. The fraction of sp³-hybridized carbons (Fsp3) is 0.231. The van der Waals surface area contributed by atoms with Gasteiger partial charge in [-0.1, -0.05) is 23.8 Å². The molecule has 2 aromatic heterocycles. The van der Waals surface area contributed by atoms with Crippen molar-refractivity contribution >= 4 is 11.6 Å². The third-order valence-electron chi connectivity index (χ3n) is 5.35. The highest BCUT2D eigenvalue weighted by molar-refractivity contribution is 5.94. The first-order valence-electron chi connectivity index (χ1n) is 10.6. The predicted octanol–water partition coefficient (Wildman–Crippen LogP) is 4.51. The number of hydrogen-bond donors (Lipinski definition) is 1. The van der Waals surface area contributed by atoms with Gasteiger partial charge >= 0.3 is 0 Å². The van der Waals surface area contributed by atoms with Crippen LogP contribution < -0.4 is 14.8 Å². The number of aryl methyl sites for hydroxylation is 2. The van der Waals surface area contributed by atoms with E-state index in [1.807, 2.05) is 54.9 Å². The number of pyridine rings is 1. The third kappa shape index (κ3) is 4.91. The first-order valence-corrected chi connectivity index (χ1v) is 10.6. The van der Waals surface area contributed by atoms with Gasteiger partial charge in [-0.05, 0) is 67.8 Å². The summed E-state index contributed by atoms with van der Waals surface area (Å²) in [6.07, 6.45) is 4.64. The Hall–Kier alpha value is -3.80. The minimum atomic E-state index is -0.112. The predicted molar refractivity (Wildman–Crippen MR) is 124 cm³/mol. The van der Waals surface area contributed by atoms with Gasteiger partial charge in [-0.2, -0.15) is 0 Å². The Morgan fingerprint density at radius 3 is 2.66 bits per heavy atom. The molecule has 4 rings (SSSR count). The van der Waals surface area contributed by atoms with Crippen molar-refractivity contribution in [3.63, 3.8) is 0 Å². The zero-order chi connectivity index (χ0) is 22.5. The quantitative estimate of drug-likeness (QED) is 0.448.